The van der Waals surface area contributed by atoms with Crippen molar-refractivity contribution in [2.45, 2.75) is 45.1 Å². The first kappa shape index (κ1) is 12.9. The highest BCUT2D eigenvalue weighted by molar-refractivity contribution is 5.79. The Morgan fingerprint density at radius 3 is 2.05 bits per heavy atom. The third-order valence-electron chi connectivity index (χ3n) is 5.21. The molecule has 4 fully saturated rings. The first-order chi connectivity index (χ1) is 9.02. The molecular formula is C14H22N2O3. The van der Waals surface area contributed by atoms with Crippen LogP contribution in [0.25, 0.3) is 0 Å². The van der Waals surface area contributed by atoms with Gasteiger partial charge in [-0.05, 0) is 55.8 Å². The number of nitrogens with one attached hydrogen (secondary N) is 1. The van der Waals surface area contributed by atoms with Crippen LogP contribution < -0.4 is 5.43 Å². The second-order valence-electron chi connectivity index (χ2n) is 6.58. The van der Waals surface area contributed by atoms with Crippen molar-refractivity contribution in [1.29, 1.82) is 0 Å². The van der Waals surface area contributed by atoms with Gasteiger partial charge in [0, 0.05) is 13.0 Å². The molecule has 19 heavy (non-hydrogen) atoms. The number of amides is 1. The van der Waals surface area contributed by atoms with Gasteiger partial charge in [0.2, 0.25) is 5.91 Å². The van der Waals surface area contributed by atoms with Gasteiger partial charge in [-0.15, -0.1) is 0 Å². The maximum atomic E-state index is 11.5. The number of rotatable bonds is 4. The van der Waals surface area contributed by atoms with Crippen LogP contribution in [0.4, 0.5) is 0 Å². The number of carbonyl (C=O) groups excluding carboxylic acids is 1. The van der Waals surface area contributed by atoms with E-state index in [0.717, 1.165) is 11.8 Å². The van der Waals surface area contributed by atoms with E-state index >= 15 is 0 Å². The molecule has 4 rings (SSSR count). The molecule has 4 saturated carbocycles. The maximum Gasteiger partial charge on any atom is 0.324 e. The molecule has 4 aliphatic carbocycles. The summed E-state index contributed by atoms with van der Waals surface area (Å²) in [7, 11) is 0. The van der Waals surface area contributed by atoms with E-state index in [1.165, 1.54) is 44.0 Å². The van der Waals surface area contributed by atoms with Gasteiger partial charge < -0.3 is 5.11 Å². The van der Waals surface area contributed by atoms with Crippen molar-refractivity contribution in [2.24, 2.45) is 23.7 Å². The summed E-state index contributed by atoms with van der Waals surface area (Å²) >= 11 is 0. The molecule has 0 spiro atoms. The van der Waals surface area contributed by atoms with Crippen LogP contribution in [0.5, 0.6) is 0 Å². The van der Waals surface area contributed by atoms with E-state index in [1.807, 2.05) is 0 Å². The summed E-state index contributed by atoms with van der Waals surface area (Å²) in [5.41, 5.74) is 3.23. The van der Waals surface area contributed by atoms with E-state index in [1.54, 1.807) is 0 Å². The lowest BCUT2D eigenvalue weighted by Crippen LogP contribution is -2.60. The number of carboxylic acids is 1. The van der Waals surface area contributed by atoms with Gasteiger partial charge in [-0.3, -0.25) is 14.6 Å². The number of hydrogen-bond acceptors (Lipinski definition) is 3. The van der Waals surface area contributed by atoms with Gasteiger partial charge in [0.05, 0.1) is 0 Å². The number of carbonyl (C=O) groups is 2. The number of nitrogens with zero attached hydrogens (tertiary/aromatic N) is 1. The third-order valence-corrected chi connectivity index (χ3v) is 5.21. The molecule has 5 heteroatoms. The molecule has 106 valence electrons. The molecule has 4 aliphatic rings. The SMILES string of the molecule is CC(=O)N(CC(=O)O)NC1C2CC3CC(C2)CC1C3. The molecule has 5 nitrogen and oxygen atoms in total. The molecule has 0 aromatic carbocycles. The summed E-state index contributed by atoms with van der Waals surface area (Å²) in [6.45, 7) is 1.17. The molecule has 0 aliphatic heterocycles. The highest BCUT2D eigenvalue weighted by Crippen LogP contribution is 2.53. The van der Waals surface area contributed by atoms with Crippen molar-refractivity contribution in [3.63, 3.8) is 0 Å². The quantitative estimate of drug-likeness (QED) is 0.751. The van der Waals surface area contributed by atoms with Crippen LogP contribution in [-0.4, -0.2) is 34.6 Å². The van der Waals surface area contributed by atoms with Gasteiger partial charge in [-0.2, -0.15) is 0 Å². The second kappa shape index (κ2) is 4.78. The number of aliphatic carboxylic acids is 1. The molecule has 1 amide bonds. The van der Waals surface area contributed by atoms with Crippen LogP contribution in [0.2, 0.25) is 0 Å². The normalized spacial score (nSPS) is 39.3. The lowest BCUT2D eigenvalue weighted by atomic mass is 9.54. The Labute approximate surface area is 113 Å². The van der Waals surface area contributed by atoms with Crippen molar-refractivity contribution >= 4 is 11.9 Å². The first-order valence-electron chi connectivity index (χ1n) is 7.29. The van der Waals surface area contributed by atoms with E-state index in [4.69, 9.17) is 5.11 Å². The van der Waals surface area contributed by atoms with Crippen molar-refractivity contribution < 1.29 is 14.7 Å². The van der Waals surface area contributed by atoms with Crippen LogP contribution in [0.1, 0.15) is 39.0 Å². The average molecular weight is 266 g/mol. The second-order valence-corrected chi connectivity index (χ2v) is 6.58. The van der Waals surface area contributed by atoms with Crippen LogP contribution >= 0.6 is 0 Å². The van der Waals surface area contributed by atoms with E-state index in [2.05, 4.69) is 5.43 Å². The Hall–Kier alpha value is -1.10. The standard InChI is InChI=1S/C14H22N2O3/c1-8(17)16(7-13(18)19)15-14-11-3-9-2-10(5-11)6-12(14)4-9/h9-12,14-15H,2-7H2,1H3,(H,18,19). The monoisotopic (exact) mass is 266 g/mol. The van der Waals surface area contributed by atoms with E-state index in [9.17, 15) is 9.59 Å². The highest BCUT2D eigenvalue weighted by Gasteiger charge is 2.48. The Balaban J connectivity index is 1.68. The van der Waals surface area contributed by atoms with Gasteiger partial charge in [-0.1, -0.05) is 0 Å². The molecule has 0 saturated heterocycles. The molecule has 2 N–H and O–H groups in total. The fourth-order valence-corrected chi connectivity index (χ4v) is 4.70. The molecule has 0 unspecified atom stereocenters. The van der Waals surface area contributed by atoms with Crippen LogP contribution in [0.3, 0.4) is 0 Å². The van der Waals surface area contributed by atoms with E-state index < -0.39 is 5.97 Å². The van der Waals surface area contributed by atoms with Gasteiger partial charge in [0.15, 0.2) is 0 Å². The summed E-state index contributed by atoms with van der Waals surface area (Å²) in [6.07, 6.45) is 6.41. The predicted octanol–water partition coefficient (Wildman–Crippen LogP) is 1.25. The summed E-state index contributed by atoms with van der Waals surface area (Å²) in [4.78, 5) is 22.4. The Bertz CT molecular complexity index is 368. The lowest BCUT2D eigenvalue weighted by molar-refractivity contribution is -0.148. The highest BCUT2D eigenvalue weighted by atomic mass is 16.4. The van der Waals surface area contributed by atoms with Crippen molar-refractivity contribution in [2.75, 3.05) is 6.54 Å². The zero-order chi connectivity index (χ0) is 13.6. The summed E-state index contributed by atoms with van der Waals surface area (Å²) in [5, 5.41) is 10.2. The van der Waals surface area contributed by atoms with Crippen molar-refractivity contribution in [3.05, 3.63) is 0 Å². The minimum Gasteiger partial charge on any atom is -0.480 e. The van der Waals surface area contributed by atoms with Crippen LogP contribution in [0, 0.1) is 23.7 Å². The summed E-state index contributed by atoms with van der Waals surface area (Å²) in [6, 6.07) is 0.302. The number of carboxylic acid groups (broad SMARTS) is 1. The summed E-state index contributed by atoms with van der Waals surface area (Å²) in [5.74, 6) is 1.85. The zero-order valence-corrected chi connectivity index (χ0v) is 11.3. The van der Waals surface area contributed by atoms with Crippen LogP contribution in [0.15, 0.2) is 0 Å². The molecule has 0 aromatic heterocycles. The minimum absolute atomic E-state index is 0.212. The number of hydrazine groups is 1. The molecule has 0 atom stereocenters. The van der Waals surface area contributed by atoms with Crippen LogP contribution in [-0.2, 0) is 9.59 Å². The van der Waals surface area contributed by atoms with Crippen molar-refractivity contribution in [1.82, 2.24) is 10.4 Å². The summed E-state index contributed by atoms with van der Waals surface area (Å²) < 4.78 is 0. The molecule has 0 heterocycles. The largest absolute Gasteiger partial charge is 0.480 e. The number of hydrogen-bond donors (Lipinski definition) is 2. The minimum atomic E-state index is -0.966. The predicted molar refractivity (Wildman–Crippen MR) is 69.0 cm³/mol. The van der Waals surface area contributed by atoms with Gasteiger partial charge in [0.25, 0.3) is 0 Å². The Kier molecular flexibility index (Phi) is 3.25. The molecular weight excluding hydrogens is 244 g/mol. The van der Waals surface area contributed by atoms with Crippen molar-refractivity contribution in [3.8, 4) is 0 Å². The topological polar surface area (TPSA) is 69.6 Å². The maximum absolute atomic E-state index is 11.5. The average Bonchev–Trinajstić information content (AvgIpc) is 2.30. The fourth-order valence-electron chi connectivity index (χ4n) is 4.70. The smallest absolute Gasteiger partial charge is 0.324 e. The molecule has 0 aromatic rings. The van der Waals surface area contributed by atoms with E-state index in [-0.39, 0.29) is 12.5 Å². The Morgan fingerprint density at radius 2 is 1.63 bits per heavy atom. The zero-order valence-electron chi connectivity index (χ0n) is 11.3. The van der Waals surface area contributed by atoms with Gasteiger partial charge in [0.1, 0.15) is 6.54 Å². The molecule has 4 bridgehead atoms. The lowest BCUT2D eigenvalue weighted by Gasteiger charge is -2.55. The third kappa shape index (κ3) is 2.48. The Morgan fingerprint density at radius 1 is 1.11 bits per heavy atom. The molecule has 0 radical (unpaired) electrons. The first-order valence-corrected chi connectivity index (χ1v) is 7.29. The van der Waals surface area contributed by atoms with Gasteiger partial charge >= 0.3 is 5.97 Å². The van der Waals surface area contributed by atoms with Gasteiger partial charge in [-0.25, -0.2) is 5.43 Å². The van der Waals surface area contributed by atoms with E-state index in [0.29, 0.717) is 17.9 Å². The fraction of sp³-hybridized carbons (Fsp3) is 0.857.